The number of hydrogen-bond donors (Lipinski definition) is 4. The van der Waals surface area contributed by atoms with Gasteiger partial charge in [-0.15, -0.1) is 0 Å². The minimum Gasteiger partial charge on any atom is -0.458 e. The summed E-state index contributed by atoms with van der Waals surface area (Å²) in [6.45, 7) is 2.40. The number of esters is 1. The molecule has 4 saturated carbocycles. The van der Waals surface area contributed by atoms with Gasteiger partial charge >= 0.3 is 5.97 Å². The Balaban J connectivity index is 1.51. The normalized spacial score (nSPS) is 54.2. The molecule has 4 fully saturated rings. The molecule has 0 saturated heterocycles. The third kappa shape index (κ3) is 2.52. The van der Waals surface area contributed by atoms with Gasteiger partial charge < -0.3 is 25.2 Å². The summed E-state index contributed by atoms with van der Waals surface area (Å²) in [5, 5.41) is 43.9. The summed E-state index contributed by atoms with van der Waals surface area (Å²) in [6, 6.07) is 0. The van der Waals surface area contributed by atoms with E-state index in [-0.39, 0.29) is 48.5 Å². The first-order valence-corrected chi connectivity index (χ1v) is 11.3. The zero-order chi connectivity index (χ0) is 20.6. The first-order chi connectivity index (χ1) is 13.7. The van der Waals surface area contributed by atoms with Crippen molar-refractivity contribution in [1.29, 1.82) is 0 Å². The largest absolute Gasteiger partial charge is 0.458 e. The Morgan fingerprint density at radius 3 is 2.62 bits per heavy atom. The number of carbonyl (C=O) groups excluding carboxylic acids is 1. The van der Waals surface area contributed by atoms with E-state index in [0.29, 0.717) is 18.8 Å². The van der Waals surface area contributed by atoms with E-state index in [9.17, 15) is 25.2 Å². The van der Waals surface area contributed by atoms with Crippen molar-refractivity contribution in [3.63, 3.8) is 0 Å². The summed E-state index contributed by atoms with van der Waals surface area (Å²) in [5.41, 5.74) is -0.944. The molecule has 0 aromatic carbocycles. The molecule has 0 amide bonds. The van der Waals surface area contributed by atoms with E-state index < -0.39 is 17.1 Å². The van der Waals surface area contributed by atoms with Crippen molar-refractivity contribution in [2.24, 2.45) is 34.5 Å². The summed E-state index contributed by atoms with van der Waals surface area (Å²) < 4.78 is 5.12. The lowest BCUT2D eigenvalue weighted by Gasteiger charge is -2.64. The van der Waals surface area contributed by atoms with Crippen LogP contribution in [-0.2, 0) is 9.53 Å². The number of cyclic esters (lactones) is 1. The van der Waals surface area contributed by atoms with Crippen LogP contribution in [0.4, 0.5) is 0 Å². The van der Waals surface area contributed by atoms with Crippen LogP contribution >= 0.6 is 0 Å². The lowest BCUT2D eigenvalue weighted by molar-refractivity contribution is -0.219. The fraction of sp³-hybridized carbons (Fsp3) is 0.870. The first kappa shape index (κ1) is 20.0. The number of ether oxygens (including phenoxy) is 1. The Morgan fingerprint density at radius 2 is 1.93 bits per heavy atom. The van der Waals surface area contributed by atoms with Crippen molar-refractivity contribution in [2.45, 2.75) is 76.1 Å². The molecule has 1 heterocycles. The van der Waals surface area contributed by atoms with Gasteiger partial charge in [0.15, 0.2) is 0 Å². The summed E-state index contributed by atoms with van der Waals surface area (Å²) in [7, 11) is 0. The van der Waals surface area contributed by atoms with E-state index in [2.05, 4.69) is 6.92 Å². The maximum Gasteiger partial charge on any atom is 0.331 e. The Morgan fingerprint density at radius 1 is 1.14 bits per heavy atom. The molecule has 6 nitrogen and oxygen atoms in total. The van der Waals surface area contributed by atoms with E-state index in [1.54, 1.807) is 0 Å². The molecule has 0 aromatic heterocycles. The van der Waals surface area contributed by atoms with Crippen LogP contribution in [0.1, 0.15) is 58.3 Å². The molecule has 5 rings (SSSR count). The van der Waals surface area contributed by atoms with Crippen LogP contribution in [0.5, 0.6) is 0 Å². The lowest BCUT2D eigenvalue weighted by atomic mass is 9.43. The van der Waals surface area contributed by atoms with E-state index in [0.717, 1.165) is 44.1 Å². The predicted octanol–water partition coefficient (Wildman–Crippen LogP) is 1.55. The van der Waals surface area contributed by atoms with Crippen molar-refractivity contribution in [2.75, 3.05) is 13.2 Å². The molecule has 0 radical (unpaired) electrons. The number of hydrogen-bond acceptors (Lipinski definition) is 6. The Hall–Kier alpha value is -0.950. The van der Waals surface area contributed by atoms with Crippen LogP contribution in [0.3, 0.4) is 0 Å². The molecule has 5 aliphatic rings. The van der Waals surface area contributed by atoms with E-state index in [4.69, 9.17) is 4.74 Å². The lowest BCUT2D eigenvalue weighted by Crippen LogP contribution is -2.63. The summed E-state index contributed by atoms with van der Waals surface area (Å²) in [4.78, 5) is 11.7. The Kier molecular flexibility index (Phi) is 4.49. The fourth-order valence-corrected chi connectivity index (χ4v) is 8.57. The quantitative estimate of drug-likeness (QED) is 0.519. The molecule has 4 aliphatic carbocycles. The van der Waals surface area contributed by atoms with Crippen LogP contribution in [0, 0.1) is 34.5 Å². The van der Waals surface area contributed by atoms with Gasteiger partial charge in [-0.05, 0) is 73.7 Å². The van der Waals surface area contributed by atoms with Crippen LogP contribution in [0.15, 0.2) is 11.6 Å². The molecule has 162 valence electrons. The molecule has 6 heteroatoms. The second-order valence-electron chi connectivity index (χ2n) is 10.8. The van der Waals surface area contributed by atoms with Gasteiger partial charge in [-0.1, -0.05) is 6.92 Å². The maximum absolute atomic E-state index is 12.1. The monoisotopic (exact) mass is 406 g/mol. The third-order valence-electron chi connectivity index (χ3n) is 9.91. The van der Waals surface area contributed by atoms with E-state index in [1.807, 2.05) is 0 Å². The minimum atomic E-state index is -1.02. The number of aliphatic hydroxyl groups excluding tert-OH is 3. The molecule has 1 aliphatic heterocycles. The zero-order valence-electron chi connectivity index (χ0n) is 17.2. The molecule has 0 unspecified atom stereocenters. The first-order valence-electron chi connectivity index (χ1n) is 11.3. The highest BCUT2D eigenvalue weighted by Crippen LogP contribution is 2.69. The highest BCUT2D eigenvalue weighted by atomic mass is 16.5. The van der Waals surface area contributed by atoms with Gasteiger partial charge in [0, 0.05) is 30.4 Å². The molecule has 9 atom stereocenters. The van der Waals surface area contributed by atoms with Crippen LogP contribution in [0.25, 0.3) is 0 Å². The number of rotatable bonds is 2. The van der Waals surface area contributed by atoms with Gasteiger partial charge in [0.2, 0.25) is 0 Å². The van der Waals surface area contributed by atoms with Gasteiger partial charge in [0.1, 0.15) is 6.61 Å². The summed E-state index contributed by atoms with van der Waals surface area (Å²) in [6.07, 6.45) is 6.55. The van der Waals surface area contributed by atoms with E-state index in [1.165, 1.54) is 6.08 Å². The zero-order valence-corrected chi connectivity index (χ0v) is 17.2. The molecular formula is C23H34O6. The van der Waals surface area contributed by atoms with Gasteiger partial charge in [-0.3, -0.25) is 0 Å². The molecule has 0 spiro atoms. The third-order valence-corrected chi connectivity index (χ3v) is 9.91. The SMILES string of the molecule is C[C@]12CC[C@H]3[C@@H](CC[C@H]4C[C@@H](O)CC[C@@]43CO)[C@@]1(O)C[C@@H](O)[C@@H]2C1=CC(=O)OC1. The van der Waals surface area contributed by atoms with Crippen LogP contribution in [-0.4, -0.2) is 57.4 Å². The van der Waals surface area contributed by atoms with Crippen LogP contribution < -0.4 is 0 Å². The molecule has 4 N–H and O–H groups in total. The number of fused-ring (bicyclic) bond motifs is 5. The molecule has 29 heavy (non-hydrogen) atoms. The fourth-order valence-electron chi connectivity index (χ4n) is 8.57. The Labute approximate surface area is 172 Å². The van der Waals surface area contributed by atoms with Crippen LogP contribution in [0.2, 0.25) is 0 Å². The molecular weight excluding hydrogens is 372 g/mol. The van der Waals surface area contributed by atoms with Gasteiger partial charge in [0.05, 0.1) is 17.8 Å². The number of carbonyl (C=O) groups is 1. The van der Waals surface area contributed by atoms with Crippen molar-refractivity contribution >= 4 is 5.97 Å². The smallest absolute Gasteiger partial charge is 0.331 e. The topological polar surface area (TPSA) is 107 Å². The highest BCUT2D eigenvalue weighted by Gasteiger charge is 2.70. The van der Waals surface area contributed by atoms with Gasteiger partial charge in [-0.25, -0.2) is 4.79 Å². The minimum absolute atomic E-state index is 0.0261. The van der Waals surface area contributed by atoms with Crippen molar-refractivity contribution in [1.82, 2.24) is 0 Å². The van der Waals surface area contributed by atoms with Crippen molar-refractivity contribution in [3.05, 3.63) is 11.6 Å². The Bertz CT molecular complexity index is 735. The average Bonchev–Trinajstić information content (AvgIpc) is 3.18. The molecule has 0 bridgehead atoms. The maximum atomic E-state index is 12.1. The average molecular weight is 407 g/mol. The van der Waals surface area contributed by atoms with Crippen molar-refractivity contribution < 1.29 is 30.0 Å². The summed E-state index contributed by atoms with van der Waals surface area (Å²) in [5.74, 6) is -0.0937. The summed E-state index contributed by atoms with van der Waals surface area (Å²) >= 11 is 0. The number of aliphatic hydroxyl groups is 4. The predicted molar refractivity (Wildman–Crippen MR) is 105 cm³/mol. The van der Waals surface area contributed by atoms with Gasteiger partial charge in [0.25, 0.3) is 0 Å². The highest BCUT2D eigenvalue weighted by molar-refractivity contribution is 5.85. The second kappa shape index (κ2) is 6.52. The van der Waals surface area contributed by atoms with Crippen molar-refractivity contribution in [3.8, 4) is 0 Å². The standard InChI is InChI=1S/C23H34O6/c1-21-6-5-16-17(3-2-14-9-15(25)4-7-22(14,16)12-24)23(21,28)10-18(26)20(21)13-8-19(27)29-11-13/h8,14-18,20,24-26,28H,2-7,9-12H2,1H3/t14-,15-,16-,17+,18+,20-,21+,22+,23-/m0/s1. The molecule has 0 aromatic rings. The second-order valence-corrected chi connectivity index (χ2v) is 10.8. The van der Waals surface area contributed by atoms with Gasteiger partial charge in [-0.2, -0.15) is 0 Å². The van der Waals surface area contributed by atoms with E-state index >= 15 is 0 Å².